The van der Waals surface area contributed by atoms with Crippen LogP contribution < -0.4 is 5.32 Å². The Morgan fingerprint density at radius 2 is 2.26 bits per heavy atom. The molecule has 0 aliphatic rings. The molecule has 2 rings (SSSR count). The second kappa shape index (κ2) is 6.50. The molecule has 0 fully saturated rings. The third-order valence-corrected chi connectivity index (χ3v) is 4.48. The molecule has 0 bridgehead atoms. The standard InChI is InChI=1S/C14H23N3OS/c1-4-12(5-6-18)7-15-8-13-11(3)16-14-17(13)9-10(2)19-14/h9,12,15,18H,4-8H2,1-3H3. The Labute approximate surface area is 118 Å². The van der Waals surface area contributed by atoms with Gasteiger partial charge in [-0.15, -0.1) is 11.3 Å². The number of hydrogen-bond donors (Lipinski definition) is 2. The van der Waals surface area contributed by atoms with E-state index in [0.717, 1.165) is 36.6 Å². The fraction of sp³-hybridized carbons (Fsp3) is 0.643. The topological polar surface area (TPSA) is 49.6 Å². The fourth-order valence-corrected chi connectivity index (χ4v) is 3.24. The molecular formula is C14H23N3OS. The van der Waals surface area contributed by atoms with E-state index in [1.54, 1.807) is 11.3 Å². The van der Waals surface area contributed by atoms with Gasteiger partial charge in [0.1, 0.15) is 0 Å². The molecule has 2 aromatic heterocycles. The summed E-state index contributed by atoms with van der Waals surface area (Å²) in [6.45, 7) is 8.42. The first-order valence-electron chi connectivity index (χ1n) is 6.91. The van der Waals surface area contributed by atoms with Gasteiger partial charge in [0.15, 0.2) is 4.96 Å². The molecule has 5 heteroatoms. The zero-order valence-corrected chi connectivity index (χ0v) is 12.8. The summed E-state index contributed by atoms with van der Waals surface area (Å²) in [5, 5.41) is 12.5. The number of thiazole rings is 1. The highest BCUT2D eigenvalue weighted by Crippen LogP contribution is 2.20. The van der Waals surface area contributed by atoms with E-state index in [0.29, 0.717) is 5.92 Å². The minimum Gasteiger partial charge on any atom is -0.396 e. The molecule has 1 unspecified atom stereocenters. The normalized spacial score (nSPS) is 13.3. The van der Waals surface area contributed by atoms with Crippen LogP contribution in [0.2, 0.25) is 0 Å². The fourth-order valence-electron chi connectivity index (χ4n) is 2.35. The van der Waals surface area contributed by atoms with Crippen molar-refractivity contribution in [1.29, 1.82) is 0 Å². The Kier molecular flexibility index (Phi) is 4.96. The van der Waals surface area contributed by atoms with Crippen LogP contribution in [-0.4, -0.2) is 27.6 Å². The van der Waals surface area contributed by atoms with Gasteiger partial charge in [0, 0.05) is 24.2 Å². The van der Waals surface area contributed by atoms with Crippen LogP contribution in [0.5, 0.6) is 0 Å². The number of rotatable bonds is 7. The van der Waals surface area contributed by atoms with Gasteiger partial charge in [-0.3, -0.25) is 4.40 Å². The van der Waals surface area contributed by atoms with Crippen molar-refractivity contribution in [1.82, 2.24) is 14.7 Å². The van der Waals surface area contributed by atoms with E-state index in [1.807, 2.05) is 0 Å². The van der Waals surface area contributed by atoms with Gasteiger partial charge in [0.05, 0.1) is 11.4 Å². The quantitative estimate of drug-likeness (QED) is 0.820. The second-order valence-corrected chi connectivity index (χ2v) is 6.27. The van der Waals surface area contributed by atoms with E-state index < -0.39 is 0 Å². The van der Waals surface area contributed by atoms with Crippen LogP contribution in [0, 0.1) is 19.8 Å². The van der Waals surface area contributed by atoms with Crippen molar-refractivity contribution in [2.24, 2.45) is 5.92 Å². The maximum Gasteiger partial charge on any atom is 0.194 e. The van der Waals surface area contributed by atoms with Crippen molar-refractivity contribution >= 4 is 16.3 Å². The molecular weight excluding hydrogens is 258 g/mol. The van der Waals surface area contributed by atoms with Crippen molar-refractivity contribution in [3.8, 4) is 0 Å². The number of aromatic nitrogens is 2. The number of nitrogens with zero attached hydrogens (tertiary/aromatic N) is 2. The van der Waals surface area contributed by atoms with Gasteiger partial charge in [-0.2, -0.15) is 0 Å². The van der Waals surface area contributed by atoms with E-state index in [4.69, 9.17) is 5.11 Å². The van der Waals surface area contributed by atoms with Crippen molar-refractivity contribution in [2.45, 2.75) is 40.2 Å². The molecule has 106 valence electrons. The van der Waals surface area contributed by atoms with Gasteiger partial charge in [0.25, 0.3) is 0 Å². The summed E-state index contributed by atoms with van der Waals surface area (Å²) >= 11 is 1.73. The molecule has 0 saturated heterocycles. The zero-order chi connectivity index (χ0) is 13.8. The molecule has 4 nitrogen and oxygen atoms in total. The maximum absolute atomic E-state index is 9.00. The lowest BCUT2D eigenvalue weighted by Crippen LogP contribution is -2.23. The molecule has 2 heterocycles. The van der Waals surface area contributed by atoms with Gasteiger partial charge in [-0.1, -0.05) is 13.3 Å². The second-order valence-electron chi connectivity index (χ2n) is 5.06. The van der Waals surface area contributed by atoms with Crippen molar-refractivity contribution in [2.75, 3.05) is 13.2 Å². The SMILES string of the molecule is CCC(CCO)CNCc1c(C)nc2sc(C)cn12. The van der Waals surface area contributed by atoms with E-state index in [-0.39, 0.29) is 6.61 Å². The molecule has 0 aliphatic heterocycles. The molecule has 1 atom stereocenters. The molecule has 0 saturated carbocycles. The maximum atomic E-state index is 9.00. The smallest absolute Gasteiger partial charge is 0.194 e. The summed E-state index contributed by atoms with van der Waals surface area (Å²) in [6, 6.07) is 0. The highest BCUT2D eigenvalue weighted by Gasteiger charge is 2.11. The van der Waals surface area contributed by atoms with E-state index >= 15 is 0 Å². The highest BCUT2D eigenvalue weighted by atomic mass is 32.1. The number of imidazole rings is 1. The minimum atomic E-state index is 0.278. The van der Waals surface area contributed by atoms with Gasteiger partial charge in [-0.05, 0) is 32.7 Å². The Hall–Kier alpha value is -0.910. The van der Waals surface area contributed by atoms with Crippen LogP contribution in [-0.2, 0) is 6.54 Å². The lowest BCUT2D eigenvalue weighted by molar-refractivity contribution is 0.251. The molecule has 0 amide bonds. The summed E-state index contributed by atoms with van der Waals surface area (Å²) < 4.78 is 2.19. The van der Waals surface area contributed by atoms with E-state index in [2.05, 4.69) is 41.7 Å². The van der Waals surface area contributed by atoms with Gasteiger partial charge >= 0.3 is 0 Å². The van der Waals surface area contributed by atoms with Gasteiger partial charge < -0.3 is 10.4 Å². The third kappa shape index (κ3) is 3.35. The Morgan fingerprint density at radius 3 is 2.95 bits per heavy atom. The number of nitrogens with one attached hydrogen (secondary N) is 1. The first kappa shape index (κ1) is 14.5. The highest BCUT2D eigenvalue weighted by molar-refractivity contribution is 7.17. The molecule has 2 N–H and O–H groups in total. The lowest BCUT2D eigenvalue weighted by atomic mass is 10.0. The number of hydrogen-bond acceptors (Lipinski definition) is 4. The first-order chi connectivity index (χ1) is 9.15. The Bertz CT molecular complexity index is 532. The average molecular weight is 281 g/mol. The van der Waals surface area contributed by atoms with Crippen molar-refractivity contribution in [3.05, 3.63) is 22.5 Å². The summed E-state index contributed by atoms with van der Waals surface area (Å²) in [5.41, 5.74) is 2.35. The van der Waals surface area contributed by atoms with Crippen molar-refractivity contribution < 1.29 is 5.11 Å². The Balaban J connectivity index is 1.99. The molecule has 0 radical (unpaired) electrons. The number of aliphatic hydroxyl groups is 1. The molecule has 19 heavy (non-hydrogen) atoms. The average Bonchev–Trinajstić information content (AvgIpc) is 2.85. The van der Waals surface area contributed by atoms with Crippen LogP contribution in [0.3, 0.4) is 0 Å². The Morgan fingerprint density at radius 1 is 1.47 bits per heavy atom. The molecule has 2 aromatic rings. The number of aliphatic hydroxyl groups excluding tert-OH is 1. The third-order valence-electron chi connectivity index (χ3n) is 3.58. The zero-order valence-electron chi connectivity index (χ0n) is 11.9. The van der Waals surface area contributed by atoms with Crippen molar-refractivity contribution in [3.63, 3.8) is 0 Å². The lowest BCUT2D eigenvalue weighted by Gasteiger charge is -2.14. The predicted molar refractivity (Wildman–Crippen MR) is 79.7 cm³/mol. The minimum absolute atomic E-state index is 0.278. The van der Waals surface area contributed by atoms with Gasteiger partial charge in [0.2, 0.25) is 0 Å². The van der Waals surface area contributed by atoms with Gasteiger partial charge in [-0.25, -0.2) is 4.98 Å². The number of fused-ring (bicyclic) bond motifs is 1. The molecule has 0 aromatic carbocycles. The summed E-state index contributed by atoms with van der Waals surface area (Å²) in [6.07, 6.45) is 4.13. The van der Waals surface area contributed by atoms with Crippen LogP contribution in [0.25, 0.3) is 4.96 Å². The van der Waals surface area contributed by atoms with Crippen LogP contribution >= 0.6 is 11.3 Å². The first-order valence-corrected chi connectivity index (χ1v) is 7.72. The molecule has 0 spiro atoms. The van der Waals surface area contributed by atoms with Crippen LogP contribution in [0.4, 0.5) is 0 Å². The predicted octanol–water partition coefficient (Wildman–Crippen LogP) is 2.51. The monoisotopic (exact) mass is 281 g/mol. The summed E-state index contributed by atoms with van der Waals surface area (Å²) in [4.78, 5) is 6.96. The summed E-state index contributed by atoms with van der Waals surface area (Å²) in [5.74, 6) is 0.554. The van der Waals surface area contributed by atoms with E-state index in [9.17, 15) is 0 Å². The van der Waals surface area contributed by atoms with E-state index in [1.165, 1.54) is 10.6 Å². The summed E-state index contributed by atoms with van der Waals surface area (Å²) in [7, 11) is 0. The van der Waals surface area contributed by atoms with Crippen LogP contribution in [0.15, 0.2) is 6.20 Å². The number of aryl methyl sites for hydroxylation is 2. The largest absolute Gasteiger partial charge is 0.396 e. The molecule has 0 aliphatic carbocycles. The van der Waals surface area contributed by atoms with Crippen LogP contribution in [0.1, 0.15) is 36.0 Å².